The van der Waals surface area contributed by atoms with Gasteiger partial charge in [-0.3, -0.25) is 4.90 Å². The Morgan fingerprint density at radius 2 is 2.09 bits per heavy atom. The van der Waals surface area contributed by atoms with Gasteiger partial charge in [0.2, 0.25) is 0 Å². The van der Waals surface area contributed by atoms with Gasteiger partial charge in [-0.05, 0) is 12.8 Å². The summed E-state index contributed by atoms with van der Waals surface area (Å²) in [6, 6.07) is 0.413. The Balaban J connectivity index is 0.00000220. The van der Waals surface area contributed by atoms with Gasteiger partial charge in [0.05, 0.1) is 18.3 Å². The fourth-order valence-electron chi connectivity index (χ4n) is 2.63. The second kappa shape index (κ2) is 9.40. The van der Waals surface area contributed by atoms with Crippen LogP contribution < -0.4 is 5.73 Å². The van der Waals surface area contributed by atoms with Crippen molar-refractivity contribution in [1.82, 2.24) is 9.88 Å². The molecule has 0 aromatic carbocycles. The van der Waals surface area contributed by atoms with Gasteiger partial charge in [-0.15, -0.1) is 36.2 Å². The lowest BCUT2D eigenvalue weighted by Crippen LogP contribution is -2.47. The number of halogens is 2. The highest BCUT2D eigenvalue weighted by atomic mass is 35.5. The van der Waals surface area contributed by atoms with E-state index in [1.54, 1.807) is 18.4 Å². The van der Waals surface area contributed by atoms with Crippen molar-refractivity contribution in [1.29, 1.82) is 0 Å². The minimum Gasteiger partial charge on any atom is -0.381 e. The number of hydrogen-bond acceptors (Lipinski definition) is 5. The van der Waals surface area contributed by atoms with Gasteiger partial charge in [0.15, 0.2) is 0 Å². The molecular weight excluding hydrogens is 341 g/mol. The molecule has 0 bridgehead atoms. The quantitative estimate of drug-likeness (QED) is 0.884. The summed E-state index contributed by atoms with van der Waals surface area (Å²) in [7, 11) is 1.80. The lowest BCUT2D eigenvalue weighted by atomic mass is 9.93. The van der Waals surface area contributed by atoms with Crippen molar-refractivity contribution >= 4 is 36.2 Å². The first kappa shape index (κ1) is 22.1. The zero-order valence-corrected chi connectivity index (χ0v) is 16.3. The van der Waals surface area contributed by atoms with Crippen LogP contribution in [-0.2, 0) is 16.7 Å². The van der Waals surface area contributed by atoms with Crippen molar-refractivity contribution in [2.24, 2.45) is 5.73 Å². The van der Waals surface area contributed by atoms with E-state index in [-0.39, 0.29) is 30.2 Å². The number of nitrogens with zero attached hydrogens (tertiary/aromatic N) is 2. The molecule has 7 heteroatoms. The molecule has 0 radical (unpaired) electrons. The molecule has 130 valence electrons. The number of methoxy groups -OCH3 is 1. The largest absolute Gasteiger partial charge is 0.381 e. The first-order valence-corrected chi connectivity index (χ1v) is 8.23. The predicted molar refractivity (Wildman–Crippen MR) is 98.6 cm³/mol. The lowest BCUT2D eigenvalue weighted by molar-refractivity contribution is 0.0102. The zero-order valence-electron chi connectivity index (χ0n) is 13.9. The van der Waals surface area contributed by atoms with Gasteiger partial charge in [0, 0.05) is 37.0 Å². The van der Waals surface area contributed by atoms with E-state index in [9.17, 15) is 0 Å². The van der Waals surface area contributed by atoms with Crippen LogP contribution in [-0.4, -0.2) is 42.2 Å². The van der Waals surface area contributed by atoms with E-state index in [2.05, 4.69) is 31.1 Å². The van der Waals surface area contributed by atoms with E-state index in [0.717, 1.165) is 25.9 Å². The first-order chi connectivity index (χ1) is 9.44. The Morgan fingerprint density at radius 1 is 1.41 bits per heavy atom. The Morgan fingerprint density at radius 3 is 2.59 bits per heavy atom. The fourth-order valence-corrected chi connectivity index (χ4v) is 3.68. The predicted octanol–water partition coefficient (Wildman–Crippen LogP) is 3.22. The van der Waals surface area contributed by atoms with Crippen LogP contribution in [0.25, 0.3) is 0 Å². The molecule has 1 saturated heterocycles. The Kier molecular flexibility index (Phi) is 9.44. The summed E-state index contributed by atoms with van der Waals surface area (Å²) in [5.74, 6) is 0. The maximum Gasteiger partial charge on any atom is 0.107 e. The van der Waals surface area contributed by atoms with Gasteiger partial charge >= 0.3 is 0 Å². The summed E-state index contributed by atoms with van der Waals surface area (Å²) in [4.78, 5) is 7.25. The normalized spacial score (nSPS) is 22.8. The molecule has 2 heterocycles. The summed E-state index contributed by atoms with van der Waals surface area (Å²) in [6.07, 6.45) is 2.48. The number of piperidine rings is 1. The van der Waals surface area contributed by atoms with Gasteiger partial charge in [-0.25, -0.2) is 4.98 Å². The van der Waals surface area contributed by atoms with Crippen molar-refractivity contribution in [2.45, 2.75) is 57.7 Å². The molecule has 0 spiro atoms. The molecule has 1 aliphatic rings. The highest BCUT2D eigenvalue weighted by Crippen LogP contribution is 2.26. The number of thiazole rings is 1. The monoisotopic (exact) mass is 369 g/mol. The van der Waals surface area contributed by atoms with E-state index in [0.29, 0.717) is 18.7 Å². The van der Waals surface area contributed by atoms with Crippen molar-refractivity contribution in [3.05, 3.63) is 16.1 Å². The van der Waals surface area contributed by atoms with Gasteiger partial charge < -0.3 is 10.5 Å². The molecule has 1 aromatic heterocycles. The molecule has 4 nitrogen and oxygen atoms in total. The molecule has 0 saturated carbocycles. The van der Waals surface area contributed by atoms with E-state index < -0.39 is 0 Å². The average Bonchev–Trinajstić information content (AvgIpc) is 2.87. The summed E-state index contributed by atoms with van der Waals surface area (Å²) in [5, 5.41) is 3.39. The van der Waals surface area contributed by atoms with Crippen molar-refractivity contribution < 1.29 is 4.74 Å². The minimum atomic E-state index is 0. The van der Waals surface area contributed by atoms with Crippen LogP contribution >= 0.6 is 36.2 Å². The molecule has 0 amide bonds. The van der Waals surface area contributed by atoms with E-state index in [4.69, 9.17) is 15.5 Å². The molecule has 1 fully saturated rings. The van der Waals surface area contributed by atoms with Crippen LogP contribution in [0.15, 0.2) is 5.38 Å². The molecule has 22 heavy (non-hydrogen) atoms. The van der Waals surface area contributed by atoms with Crippen LogP contribution in [0, 0.1) is 0 Å². The number of nitrogens with two attached hydrogens (primary N) is 1. The number of rotatable bonds is 4. The SMILES string of the molecule is COC1CCN(Cc2nc(C(C)(C)C)cs2)C(CN)C1.Cl.Cl. The molecule has 2 atom stereocenters. The third-order valence-electron chi connectivity index (χ3n) is 4.05. The summed E-state index contributed by atoms with van der Waals surface area (Å²) in [5.41, 5.74) is 7.24. The molecule has 2 unspecified atom stereocenters. The molecule has 1 aliphatic heterocycles. The number of likely N-dealkylation sites (tertiary alicyclic amines) is 1. The standard InChI is InChI=1S/C15H27N3OS.2ClH/c1-15(2,3)13-10-20-14(17-13)9-18-6-5-12(19-4)7-11(18)8-16;;/h10-12H,5-9,16H2,1-4H3;2*1H. The summed E-state index contributed by atoms with van der Waals surface area (Å²) in [6.45, 7) is 9.27. The van der Waals surface area contributed by atoms with Gasteiger partial charge in [-0.2, -0.15) is 0 Å². The van der Waals surface area contributed by atoms with Crippen molar-refractivity contribution in [3.63, 3.8) is 0 Å². The highest BCUT2D eigenvalue weighted by molar-refractivity contribution is 7.09. The van der Waals surface area contributed by atoms with Crippen molar-refractivity contribution in [2.75, 3.05) is 20.2 Å². The first-order valence-electron chi connectivity index (χ1n) is 7.36. The maximum atomic E-state index is 5.92. The summed E-state index contributed by atoms with van der Waals surface area (Å²) < 4.78 is 5.48. The number of ether oxygens (including phenoxy) is 1. The second-order valence-electron chi connectivity index (χ2n) is 6.62. The van der Waals surface area contributed by atoms with Crippen LogP contribution in [0.3, 0.4) is 0 Å². The van der Waals surface area contributed by atoms with Crippen molar-refractivity contribution in [3.8, 4) is 0 Å². The van der Waals surface area contributed by atoms with Crippen LogP contribution in [0.5, 0.6) is 0 Å². The lowest BCUT2D eigenvalue weighted by Gasteiger charge is -2.37. The molecule has 1 aromatic rings. The third-order valence-corrected chi connectivity index (χ3v) is 4.89. The smallest absolute Gasteiger partial charge is 0.107 e. The average molecular weight is 370 g/mol. The highest BCUT2D eigenvalue weighted by Gasteiger charge is 2.28. The molecule has 2 N–H and O–H groups in total. The zero-order chi connectivity index (χ0) is 14.8. The van der Waals surface area contributed by atoms with Gasteiger partial charge in [-0.1, -0.05) is 20.8 Å². The summed E-state index contributed by atoms with van der Waals surface area (Å²) >= 11 is 1.76. The van der Waals surface area contributed by atoms with E-state index in [1.165, 1.54) is 10.7 Å². The molecule has 0 aliphatic carbocycles. The Labute approximate surface area is 150 Å². The van der Waals surface area contributed by atoms with E-state index in [1.807, 2.05) is 0 Å². The minimum absolute atomic E-state index is 0. The van der Waals surface area contributed by atoms with Gasteiger partial charge in [0.1, 0.15) is 5.01 Å². The van der Waals surface area contributed by atoms with Gasteiger partial charge in [0.25, 0.3) is 0 Å². The van der Waals surface area contributed by atoms with Crippen LogP contribution in [0.4, 0.5) is 0 Å². The maximum absolute atomic E-state index is 5.92. The van der Waals surface area contributed by atoms with Crippen LogP contribution in [0.1, 0.15) is 44.3 Å². The third kappa shape index (κ3) is 5.62. The second-order valence-corrected chi connectivity index (χ2v) is 7.56. The molecule has 2 rings (SSSR count). The van der Waals surface area contributed by atoms with Crippen LogP contribution in [0.2, 0.25) is 0 Å². The fraction of sp³-hybridized carbons (Fsp3) is 0.800. The Bertz CT molecular complexity index is 437. The molecular formula is C15H29Cl2N3OS. The Hall–Kier alpha value is 0.0900. The van der Waals surface area contributed by atoms with E-state index >= 15 is 0 Å². The number of aromatic nitrogens is 1. The topological polar surface area (TPSA) is 51.4 Å². The number of hydrogen-bond donors (Lipinski definition) is 1.